The molecular formula is C12H16BrClN2O2S. The molecule has 7 heteroatoms. The summed E-state index contributed by atoms with van der Waals surface area (Å²) in [7, 11) is -3.48. The highest BCUT2D eigenvalue weighted by Gasteiger charge is 2.23. The summed E-state index contributed by atoms with van der Waals surface area (Å²) in [5, 5.41) is 0.560. The molecule has 0 radical (unpaired) electrons. The second kappa shape index (κ2) is 6.43. The van der Waals surface area contributed by atoms with Crippen LogP contribution >= 0.6 is 27.5 Å². The Bertz CT molecular complexity index is 543. The van der Waals surface area contributed by atoms with E-state index in [2.05, 4.69) is 20.7 Å². The second-order valence-electron chi connectivity index (χ2n) is 4.54. The summed E-state index contributed by atoms with van der Waals surface area (Å²) in [5.41, 5.74) is 0.508. The van der Waals surface area contributed by atoms with Gasteiger partial charge in [-0.3, -0.25) is 4.72 Å². The summed E-state index contributed by atoms with van der Waals surface area (Å²) in [6, 6.07) is 4.98. The zero-order chi connectivity index (χ0) is 13.9. The number of hydrogen-bond acceptors (Lipinski definition) is 2. The number of halogens is 2. The van der Waals surface area contributed by atoms with Crippen molar-refractivity contribution in [1.82, 2.24) is 4.31 Å². The Labute approximate surface area is 127 Å². The van der Waals surface area contributed by atoms with Gasteiger partial charge >= 0.3 is 10.2 Å². The monoisotopic (exact) mass is 366 g/mol. The molecule has 106 valence electrons. The van der Waals surface area contributed by atoms with Crippen molar-refractivity contribution in [1.29, 1.82) is 0 Å². The third-order valence-corrected chi connectivity index (χ3v) is 5.49. The molecule has 2 rings (SSSR count). The van der Waals surface area contributed by atoms with Crippen LogP contribution in [0.2, 0.25) is 5.02 Å². The van der Waals surface area contributed by atoms with Crippen molar-refractivity contribution < 1.29 is 8.42 Å². The number of nitrogens with one attached hydrogen (secondary N) is 1. The van der Waals surface area contributed by atoms with Gasteiger partial charge in [-0.1, -0.05) is 24.4 Å². The smallest absolute Gasteiger partial charge is 0.270 e. The van der Waals surface area contributed by atoms with Gasteiger partial charge in [0.2, 0.25) is 0 Å². The van der Waals surface area contributed by atoms with Crippen molar-refractivity contribution in [2.45, 2.75) is 25.7 Å². The fourth-order valence-corrected chi connectivity index (χ4v) is 4.29. The average Bonchev–Trinajstić information content (AvgIpc) is 2.62. The summed E-state index contributed by atoms with van der Waals surface area (Å²) in [6.45, 7) is 1.17. The molecule has 0 saturated carbocycles. The van der Waals surface area contributed by atoms with E-state index in [1.807, 2.05) is 0 Å². The minimum absolute atomic E-state index is 0.508. The first kappa shape index (κ1) is 15.1. The maximum absolute atomic E-state index is 12.3. The molecule has 0 spiro atoms. The number of nitrogens with zero attached hydrogens (tertiary/aromatic N) is 1. The lowest BCUT2D eigenvalue weighted by Gasteiger charge is -2.21. The van der Waals surface area contributed by atoms with Crippen LogP contribution in [0.1, 0.15) is 25.7 Å². The van der Waals surface area contributed by atoms with Crippen molar-refractivity contribution >= 4 is 43.4 Å². The molecule has 1 aliphatic heterocycles. The average molecular weight is 368 g/mol. The highest BCUT2D eigenvalue weighted by Crippen LogP contribution is 2.27. The first-order valence-electron chi connectivity index (χ1n) is 6.22. The van der Waals surface area contributed by atoms with Crippen LogP contribution in [0.25, 0.3) is 0 Å². The third-order valence-electron chi connectivity index (χ3n) is 3.08. The van der Waals surface area contributed by atoms with E-state index in [1.54, 1.807) is 18.2 Å². The maximum Gasteiger partial charge on any atom is 0.301 e. The topological polar surface area (TPSA) is 49.4 Å². The molecule has 0 amide bonds. The molecule has 1 N–H and O–H groups in total. The molecule has 1 fully saturated rings. The van der Waals surface area contributed by atoms with E-state index in [1.165, 1.54) is 4.31 Å². The van der Waals surface area contributed by atoms with Gasteiger partial charge in [-0.05, 0) is 47.0 Å². The summed E-state index contributed by atoms with van der Waals surface area (Å²) < 4.78 is 29.4. The fourth-order valence-electron chi connectivity index (χ4n) is 2.06. The maximum atomic E-state index is 12.3. The predicted octanol–water partition coefficient (Wildman–Crippen LogP) is 3.64. The zero-order valence-electron chi connectivity index (χ0n) is 10.4. The lowest BCUT2D eigenvalue weighted by molar-refractivity contribution is 0.427. The van der Waals surface area contributed by atoms with Crippen molar-refractivity contribution in [3.8, 4) is 0 Å². The van der Waals surface area contributed by atoms with Gasteiger partial charge in [0.15, 0.2) is 0 Å². The summed E-state index contributed by atoms with van der Waals surface area (Å²) in [5.74, 6) is 0. The highest BCUT2D eigenvalue weighted by atomic mass is 79.9. The molecule has 19 heavy (non-hydrogen) atoms. The standard InChI is InChI=1S/C12H16BrClN2O2S/c13-11-9-10(14)5-6-12(11)15-19(17,18)16-7-3-1-2-4-8-16/h5-6,9,15H,1-4,7-8H2. The van der Waals surface area contributed by atoms with Crippen LogP contribution in [0.5, 0.6) is 0 Å². The molecule has 1 aromatic carbocycles. The second-order valence-corrected chi connectivity index (χ2v) is 7.51. The molecule has 0 atom stereocenters. The minimum Gasteiger partial charge on any atom is -0.270 e. The van der Waals surface area contributed by atoms with Crippen molar-refractivity contribution in [3.63, 3.8) is 0 Å². The van der Waals surface area contributed by atoms with Gasteiger partial charge in [0.25, 0.3) is 0 Å². The molecule has 0 unspecified atom stereocenters. The fraction of sp³-hybridized carbons (Fsp3) is 0.500. The number of hydrogen-bond donors (Lipinski definition) is 1. The Hall–Kier alpha value is -0.300. The summed E-state index contributed by atoms with van der Waals surface area (Å²) in [4.78, 5) is 0. The van der Waals surface area contributed by atoms with Crippen LogP contribution in [-0.2, 0) is 10.2 Å². The molecule has 1 heterocycles. The SMILES string of the molecule is O=S(=O)(Nc1ccc(Cl)cc1Br)N1CCCCCC1. The van der Waals surface area contributed by atoms with Gasteiger partial charge in [-0.2, -0.15) is 12.7 Å². The van der Waals surface area contributed by atoms with E-state index < -0.39 is 10.2 Å². The first-order valence-corrected chi connectivity index (χ1v) is 8.83. The number of benzene rings is 1. The van der Waals surface area contributed by atoms with Crippen LogP contribution in [0.15, 0.2) is 22.7 Å². The van der Waals surface area contributed by atoms with Gasteiger partial charge < -0.3 is 0 Å². The van der Waals surface area contributed by atoms with Crippen LogP contribution < -0.4 is 4.72 Å². The van der Waals surface area contributed by atoms with Crippen LogP contribution in [0.3, 0.4) is 0 Å². The number of anilines is 1. The molecule has 1 saturated heterocycles. The molecule has 1 aromatic rings. The van der Waals surface area contributed by atoms with Gasteiger partial charge in [0.05, 0.1) is 5.69 Å². The van der Waals surface area contributed by atoms with Gasteiger partial charge in [-0.15, -0.1) is 0 Å². The third kappa shape index (κ3) is 4.08. The lowest BCUT2D eigenvalue weighted by atomic mass is 10.2. The summed E-state index contributed by atoms with van der Waals surface area (Å²) >= 11 is 9.15. The Kier molecular flexibility index (Phi) is 5.11. The zero-order valence-corrected chi connectivity index (χ0v) is 13.6. The predicted molar refractivity (Wildman–Crippen MR) is 81.7 cm³/mol. The molecule has 0 bridgehead atoms. The van der Waals surface area contributed by atoms with Crippen molar-refractivity contribution in [3.05, 3.63) is 27.7 Å². The van der Waals surface area contributed by atoms with Gasteiger partial charge in [0, 0.05) is 22.6 Å². The Balaban J connectivity index is 2.15. The van der Waals surface area contributed by atoms with Crippen LogP contribution in [-0.4, -0.2) is 25.8 Å². The van der Waals surface area contributed by atoms with Crippen LogP contribution in [0.4, 0.5) is 5.69 Å². The van der Waals surface area contributed by atoms with Gasteiger partial charge in [-0.25, -0.2) is 0 Å². The van der Waals surface area contributed by atoms with E-state index in [4.69, 9.17) is 11.6 Å². The number of rotatable bonds is 3. The molecular weight excluding hydrogens is 352 g/mol. The first-order chi connectivity index (χ1) is 8.99. The minimum atomic E-state index is -3.48. The van der Waals surface area contributed by atoms with E-state index in [0.29, 0.717) is 28.3 Å². The molecule has 0 aliphatic carbocycles. The van der Waals surface area contributed by atoms with Crippen molar-refractivity contribution in [2.24, 2.45) is 0 Å². The van der Waals surface area contributed by atoms with E-state index >= 15 is 0 Å². The normalized spacial score (nSPS) is 18.0. The Morgan fingerprint density at radius 1 is 1.16 bits per heavy atom. The largest absolute Gasteiger partial charge is 0.301 e. The Morgan fingerprint density at radius 3 is 2.37 bits per heavy atom. The Morgan fingerprint density at radius 2 is 1.79 bits per heavy atom. The van der Waals surface area contributed by atoms with E-state index in [9.17, 15) is 8.42 Å². The van der Waals surface area contributed by atoms with Crippen molar-refractivity contribution in [2.75, 3.05) is 17.8 Å². The van der Waals surface area contributed by atoms with Gasteiger partial charge in [0.1, 0.15) is 0 Å². The molecule has 1 aliphatic rings. The van der Waals surface area contributed by atoms with E-state index in [0.717, 1.165) is 25.7 Å². The molecule has 0 aromatic heterocycles. The molecule has 4 nitrogen and oxygen atoms in total. The van der Waals surface area contributed by atoms with E-state index in [-0.39, 0.29) is 0 Å². The van der Waals surface area contributed by atoms with Crippen LogP contribution in [0, 0.1) is 0 Å². The lowest BCUT2D eigenvalue weighted by Crippen LogP contribution is -2.36. The highest BCUT2D eigenvalue weighted by molar-refractivity contribution is 9.10. The quantitative estimate of drug-likeness (QED) is 0.887. The summed E-state index contributed by atoms with van der Waals surface area (Å²) in [6.07, 6.45) is 4.03.